The number of ether oxygens (including phenoxy) is 1. The lowest BCUT2D eigenvalue weighted by molar-refractivity contribution is -0.384. The summed E-state index contributed by atoms with van der Waals surface area (Å²) in [5, 5.41) is 10.5. The maximum absolute atomic E-state index is 10.5. The largest absolute Gasteiger partial charge is 0.493 e. The molecular formula is C12H13NO3. The Hall–Kier alpha value is -2.02. The third-order valence-corrected chi connectivity index (χ3v) is 2.09. The van der Waals surface area contributed by atoms with Gasteiger partial charge < -0.3 is 4.74 Å². The summed E-state index contributed by atoms with van der Waals surface area (Å²) < 4.78 is 5.46. The van der Waals surface area contributed by atoms with Gasteiger partial charge in [0.2, 0.25) is 0 Å². The molecule has 0 radical (unpaired) electrons. The molecule has 1 aromatic rings. The van der Waals surface area contributed by atoms with Crippen LogP contribution in [0.2, 0.25) is 0 Å². The van der Waals surface area contributed by atoms with Crippen molar-refractivity contribution >= 4 is 5.69 Å². The predicted octanol–water partition coefficient (Wildman–Crippen LogP) is 2.70. The van der Waals surface area contributed by atoms with Gasteiger partial charge in [0.1, 0.15) is 5.75 Å². The normalized spacial score (nSPS) is 9.50. The minimum atomic E-state index is -0.422. The molecule has 0 saturated heterocycles. The average molecular weight is 219 g/mol. The summed E-state index contributed by atoms with van der Waals surface area (Å²) in [5.74, 6) is 3.19. The van der Waals surface area contributed by atoms with Crippen LogP contribution in [0.15, 0.2) is 18.2 Å². The minimum Gasteiger partial charge on any atom is -0.493 e. The number of hydrogen-bond donors (Lipinski definition) is 0. The van der Waals surface area contributed by atoms with Crippen LogP contribution >= 0.6 is 0 Å². The molecule has 84 valence electrons. The van der Waals surface area contributed by atoms with Crippen molar-refractivity contribution in [3.63, 3.8) is 0 Å². The van der Waals surface area contributed by atoms with Crippen LogP contribution in [0.3, 0.4) is 0 Å². The molecule has 4 heteroatoms. The van der Waals surface area contributed by atoms with Crippen LogP contribution in [0.5, 0.6) is 5.75 Å². The van der Waals surface area contributed by atoms with Gasteiger partial charge >= 0.3 is 0 Å². The first-order valence-electron chi connectivity index (χ1n) is 4.96. The van der Waals surface area contributed by atoms with Crippen LogP contribution in [-0.2, 0) is 0 Å². The van der Waals surface area contributed by atoms with Crippen molar-refractivity contribution < 1.29 is 9.66 Å². The van der Waals surface area contributed by atoms with Gasteiger partial charge in [0.15, 0.2) is 0 Å². The number of non-ortho nitro benzene ring substituents is 1. The monoisotopic (exact) mass is 219 g/mol. The summed E-state index contributed by atoms with van der Waals surface area (Å²) in [5.41, 5.74) is 0.836. The van der Waals surface area contributed by atoms with Crippen molar-refractivity contribution in [2.24, 2.45) is 0 Å². The second kappa shape index (κ2) is 5.76. The lowest BCUT2D eigenvalue weighted by atomic mass is 10.2. The number of aryl methyl sites for hydroxylation is 1. The zero-order chi connectivity index (χ0) is 12.0. The first kappa shape index (κ1) is 12.1. The van der Waals surface area contributed by atoms with E-state index in [1.807, 2.05) is 0 Å². The molecule has 0 spiro atoms. The Morgan fingerprint density at radius 3 is 2.88 bits per heavy atom. The SMILES string of the molecule is C#CCCCOc1ccc([N+](=O)[O-])cc1C. The molecule has 0 amide bonds. The Labute approximate surface area is 94.4 Å². The summed E-state index contributed by atoms with van der Waals surface area (Å²) in [6.45, 7) is 2.31. The van der Waals surface area contributed by atoms with E-state index in [9.17, 15) is 10.1 Å². The Morgan fingerprint density at radius 1 is 1.56 bits per heavy atom. The molecular weight excluding hydrogens is 206 g/mol. The van der Waals surface area contributed by atoms with E-state index in [0.29, 0.717) is 18.8 Å². The van der Waals surface area contributed by atoms with Gasteiger partial charge in [-0.05, 0) is 25.0 Å². The van der Waals surface area contributed by atoms with Gasteiger partial charge in [-0.1, -0.05) is 0 Å². The highest BCUT2D eigenvalue weighted by molar-refractivity contribution is 5.42. The first-order valence-corrected chi connectivity index (χ1v) is 4.96. The van der Waals surface area contributed by atoms with Crippen molar-refractivity contribution in [3.05, 3.63) is 33.9 Å². The minimum absolute atomic E-state index is 0.0773. The number of terminal acetylenes is 1. The van der Waals surface area contributed by atoms with Crippen LogP contribution in [0.4, 0.5) is 5.69 Å². The molecule has 0 atom stereocenters. The van der Waals surface area contributed by atoms with E-state index in [2.05, 4.69) is 5.92 Å². The third kappa shape index (κ3) is 3.28. The molecule has 0 bridgehead atoms. The highest BCUT2D eigenvalue weighted by Crippen LogP contribution is 2.23. The van der Waals surface area contributed by atoms with Crippen molar-refractivity contribution in [1.29, 1.82) is 0 Å². The number of benzene rings is 1. The van der Waals surface area contributed by atoms with Crippen LogP contribution in [0.25, 0.3) is 0 Å². The van der Waals surface area contributed by atoms with E-state index in [1.165, 1.54) is 12.1 Å². The summed E-state index contributed by atoms with van der Waals surface area (Å²) in [7, 11) is 0. The molecule has 1 aromatic carbocycles. The lowest BCUT2D eigenvalue weighted by Gasteiger charge is -2.07. The summed E-state index contributed by atoms with van der Waals surface area (Å²) in [4.78, 5) is 10.1. The Bertz CT molecular complexity index is 421. The quantitative estimate of drug-likeness (QED) is 0.331. The molecule has 0 aromatic heterocycles. The van der Waals surface area contributed by atoms with E-state index >= 15 is 0 Å². The van der Waals surface area contributed by atoms with Crippen LogP contribution in [0, 0.1) is 29.4 Å². The van der Waals surface area contributed by atoms with Gasteiger partial charge in [0, 0.05) is 18.6 Å². The molecule has 0 fully saturated rings. The third-order valence-electron chi connectivity index (χ3n) is 2.09. The van der Waals surface area contributed by atoms with Crippen LogP contribution in [-0.4, -0.2) is 11.5 Å². The molecule has 16 heavy (non-hydrogen) atoms. The second-order valence-corrected chi connectivity index (χ2v) is 3.36. The van der Waals surface area contributed by atoms with E-state index in [1.54, 1.807) is 13.0 Å². The first-order chi connectivity index (χ1) is 7.65. The van der Waals surface area contributed by atoms with Gasteiger partial charge in [0.05, 0.1) is 11.5 Å². The molecule has 0 aliphatic rings. The van der Waals surface area contributed by atoms with Gasteiger partial charge in [-0.15, -0.1) is 12.3 Å². The van der Waals surface area contributed by atoms with E-state index in [0.717, 1.165) is 12.0 Å². The number of hydrogen-bond acceptors (Lipinski definition) is 3. The zero-order valence-corrected chi connectivity index (χ0v) is 9.10. The Kier molecular flexibility index (Phi) is 4.34. The molecule has 1 rings (SSSR count). The van der Waals surface area contributed by atoms with Gasteiger partial charge in [-0.3, -0.25) is 10.1 Å². The highest BCUT2D eigenvalue weighted by Gasteiger charge is 2.08. The van der Waals surface area contributed by atoms with Gasteiger partial charge in [-0.2, -0.15) is 0 Å². The van der Waals surface area contributed by atoms with E-state index in [4.69, 9.17) is 11.2 Å². The fourth-order valence-electron chi connectivity index (χ4n) is 1.27. The van der Waals surface area contributed by atoms with Crippen LogP contribution < -0.4 is 4.74 Å². The number of nitro benzene ring substituents is 1. The number of nitrogens with zero attached hydrogens (tertiary/aromatic N) is 1. The Balaban J connectivity index is 2.62. The molecule has 4 nitrogen and oxygen atoms in total. The average Bonchev–Trinajstić information content (AvgIpc) is 2.26. The smallest absolute Gasteiger partial charge is 0.269 e. The molecule has 0 aliphatic carbocycles. The summed E-state index contributed by atoms with van der Waals surface area (Å²) >= 11 is 0. The number of rotatable bonds is 5. The topological polar surface area (TPSA) is 52.4 Å². The second-order valence-electron chi connectivity index (χ2n) is 3.36. The molecule has 0 N–H and O–H groups in total. The van der Waals surface area contributed by atoms with Crippen molar-refractivity contribution in [2.75, 3.05) is 6.61 Å². The molecule has 0 aliphatic heterocycles. The maximum Gasteiger partial charge on any atom is 0.269 e. The Morgan fingerprint density at radius 2 is 2.31 bits per heavy atom. The number of unbranched alkanes of at least 4 members (excludes halogenated alkanes) is 1. The van der Waals surface area contributed by atoms with Crippen LogP contribution in [0.1, 0.15) is 18.4 Å². The molecule has 0 saturated carbocycles. The summed E-state index contributed by atoms with van der Waals surface area (Å²) in [6.07, 6.45) is 6.57. The van der Waals surface area contributed by atoms with Crippen molar-refractivity contribution in [3.8, 4) is 18.1 Å². The maximum atomic E-state index is 10.5. The molecule has 0 heterocycles. The predicted molar refractivity (Wildman–Crippen MR) is 61.4 cm³/mol. The molecule has 0 unspecified atom stereocenters. The van der Waals surface area contributed by atoms with E-state index < -0.39 is 4.92 Å². The van der Waals surface area contributed by atoms with Crippen molar-refractivity contribution in [2.45, 2.75) is 19.8 Å². The summed E-state index contributed by atoms with van der Waals surface area (Å²) in [6, 6.07) is 4.55. The van der Waals surface area contributed by atoms with E-state index in [-0.39, 0.29) is 5.69 Å². The zero-order valence-electron chi connectivity index (χ0n) is 9.10. The van der Waals surface area contributed by atoms with Gasteiger partial charge in [-0.25, -0.2) is 0 Å². The fourth-order valence-corrected chi connectivity index (χ4v) is 1.27. The lowest BCUT2D eigenvalue weighted by Crippen LogP contribution is -1.99. The van der Waals surface area contributed by atoms with Crippen molar-refractivity contribution in [1.82, 2.24) is 0 Å². The standard InChI is InChI=1S/C12H13NO3/c1-3-4-5-8-16-12-7-6-11(13(14)15)9-10(12)2/h1,6-7,9H,4-5,8H2,2H3. The highest BCUT2D eigenvalue weighted by atomic mass is 16.6. The fraction of sp³-hybridized carbons (Fsp3) is 0.333. The van der Waals surface area contributed by atoms with Gasteiger partial charge in [0.25, 0.3) is 5.69 Å². The number of nitro groups is 1.